The summed E-state index contributed by atoms with van der Waals surface area (Å²) in [6, 6.07) is 1.29. The van der Waals surface area contributed by atoms with Gasteiger partial charge in [0, 0.05) is 18.3 Å². The summed E-state index contributed by atoms with van der Waals surface area (Å²) in [4.78, 5) is 13.7. The summed E-state index contributed by atoms with van der Waals surface area (Å²) in [6.07, 6.45) is 3.31. The van der Waals surface area contributed by atoms with Gasteiger partial charge in [0.05, 0.1) is 12.2 Å². The van der Waals surface area contributed by atoms with Crippen molar-refractivity contribution in [3.05, 3.63) is 29.3 Å². The smallest absolute Gasteiger partial charge is 0.269 e. The molecule has 100 valence electrons. The second-order valence-electron chi connectivity index (χ2n) is 5.68. The Kier molecular flexibility index (Phi) is 3.06. The van der Waals surface area contributed by atoms with Gasteiger partial charge in [-0.2, -0.15) is 10.4 Å². The van der Waals surface area contributed by atoms with Gasteiger partial charge in [-0.15, -0.1) is 0 Å². The Morgan fingerprint density at radius 3 is 2.74 bits per heavy atom. The van der Waals surface area contributed by atoms with Gasteiger partial charge in [0.15, 0.2) is 5.57 Å². The van der Waals surface area contributed by atoms with Gasteiger partial charge in [0.25, 0.3) is 5.91 Å². The maximum Gasteiger partial charge on any atom is 0.269 e. The van der Waals surface area contributed by atoms with E-state index in [1.54, 1.807) is 18.5 Å². The molecule has 1 aromatic heterocycles. The highest BCUT2D eigenvalue weighted by molar-refractivity contribution is 6.00. The third-order valence-electron chi connectivity index (χ3n) is 3.14. The second-order valence-corrected chi connectivity index (χ2v) is 5.68. The average molecular weight is 260 g/mol. The molecular formula is C13H16N4O2. The first-order valence-corrected chi connectivity index (χ1v) is 5.98. The topological polar surface area (TPSA) is 93.0 Å². The minimum absolute atomic E-state index is 0.136. The van der Waals surface area contributed by atoms with Crippen LogP contribution in [-0.4, -0.2) is 32.2 Å². The van der Waals surface area contributed by atoms with E-state index in [-0.39, 0.29) is 16.7 Å². The highest BCUT2D eigenvalue weighted by atomic mass is 16.3. The number of aromatic amines is 1. The van der Waals surface area contributed by atoms with Gasteiger partial charge in [-0.05, 0) is 5.41 Å². The number of rotatable bonds is 2. The lowest BCUT2D eigenvalue weighted by atomic mass is 9.85. The largest absolute Gasteiger partial charge is 0.508 e. The van der Waals surface area contributed by atoms with E-state index in [4.69, 9.17) is 5.26 Å². The van der Waals surface area contributed by atoms with E-state index >= 15 is 0 Å². The highest BCUT2D eigenvalue weighted by Gasteiger charge is 2.45. The quantitative estimate of drug-likeness (QED) is 0.842. The van der Waals surface area contributed by atoms with Crippen LogP contribution in [0.15, 0.2) is 23.7 Å². The van der Waals surface area contributed by atoms with Gasteiger partial charge in [-0.25, -0.2) is 0 Å². The number of hydrogen-bond acceptors (Lipinski definition) is 4. The Balaban J connectivity index is 2.38. The van der Waals surface area contributed by atoms with Gasteiger partial charge in [0.1, 0.15) is 11.8 Å². The first-order valence-electron chi connectivity index (χ1n) is 5.98. The summed E-state index contributed by atoms with van der Waals surface area (Å²) in [5.74, 6) is -0.565. The van der Waals surface area contributed by atoms with Crippen molar-refractivity contribution in [2.45, 2.75) is 33.4 Å². The van der Waals surface area contributed by atoms with Crippen molar-refractivity contribution < 1.29 is 9.90 Å². The monoisotopic (exact) mass is 260 g/mol. The number of hydrogen-bond donors (Lipinski definition) is 2. The molecule has 1 aromatic rings. The molecule has 0 spiro atoms. The zero-order chi connectivity index (χ0) is 14.2. The van der Waals surface area contributed by atoms with Gasteiger partial charge < -0.3 is 10.0 Å². The van der Waals surface area contributed by atoms with Crippen LogP contribution in [0.25, 0.3) is 0 Å². The molecule has 6 heteroatoms. The minimum Gasteiger partial charge on any atom is -0.508 e. The molecule has 0 saturated carbocycles. The predicted octanol–water partition coefficient (Wildman–Crippen LogP) is 1.50. The maximum atomic E-state index is 12.2. The van der Waals surface area contributed by atoms with E-state index in [2.05, 4.69) is 10.2 Å². The van der Waals surface area contributed by atoms with E-state index in [0.29, 0.717) is 6.54 Å². The van der Waals surface area contributed by atoms with Gasteiger partial charge in [-0.3, -0.25) is 9.89 Å². The lowest BCUT2D eigenvalue weighted by Gasteiger charge is -2.34. The Labute approximate surface area is 111 Å². The number of H-pyrrole nitrogens is 1. The molecule has 19 heavy (non-hydrogen) atoms. The molecular weight excluding hydrogens is 244 g/mol. The summed E-state index contributed by atoms with van der Waals surface area (Å²) < 4.78 is 0. The summed E-state index contributed by atoms with van der Waals surface area (Å²) in [5, 5.41) is 25.6. The van der Waals surface area contributed by atoms with E-state index in [1.165, 1.54) is 4.90 Å². The van der Waals surface area contributed by atoms with Crippen molar-refractivity contribution in [2.75, 3.05) is 0 Å². The molecule has 0 aliphatic carbocycles. The third-order valence-corrected chi connectivity index (χ3v) is 3.14. The fraction of sp³-hybridized carbons (Fsp3) is 0.462. The SMILES string of the molecule is CC(C)(C)C1C(O)=C(C#N)C(=O)N1Cc1cn[nH]c1. The van der Waals surface area contributed by atoms with Crippen molar-refractivity contribution in [1.29, 1.82) is 5.26 Å². The van der Waals surface area contributed by atoms with Crippen molar-refractivity contribution in [3.63, 3.8) is 0 Å². The zero-order valence-corrected chi connectivity index (χ0v) is 11.1. The lowest BCUT2D eigenvalue weighted by molar-refractivity contribution is -0.129. The summed E-state index contributed by atoms with van der Waals surface area (Å²) in [5.41, 5.74) is 0.306. The van der Waals surface area contributed by atoms with Gasteiger partial charge in [-0.1, -0.05) is 20.8 Å². The standard InChI is InChI=1S/C13H16N4O2/c1-13(2,3)11-10(18)9(4-14)12(19)17(11)7-8-5-15-16-6-8/h5-6,11,18H,7H2,1-3H3,(H,15,16). The Morgan fingerprint density at radius 1 is 1.58 bits per heavy atom. The van der Waals surface area contributed by atoms with Crippen LogP contribution in [-0.2, 0) is 11.3 Å². The fourth-order valence-electron chi connectivity index (χ4n) is 2.36. The fourth-order valence-corrected chi connectivity index (χ4v) is 2.36. The maximum absolute atomic E-state index is 12.2. The summed E-state index contributed by atoms with van der Waals surface area (Å²) in [6.45, 7) is 6.07. The molecule has 0 bridgehead atoms. The van der Waals surface area contributed by atoms with Gasteiger partial charge in [0.2, 0.25) is 0 Å². The molecule has 6 nitrogen and oxygen atoms in total. The lowest BCUT2D eigenvalue weighted by Crippen LogP contribution is -2.43. The van der Waals surface area contributed by atoms with Crippen LogP contribution in [0.4, 0.5) is 0 Å². The molecule has 1 unspecified atom stereocenters. The van der Waals surface area contributed by atoms with Crippen LogP contribution in [0.3, 0.4) is 0 Å². The molecule has 2 heterocycles. The van der Waals surface area contributed by atoms with Crippen LogP contribution in [0.1, 0.15) is 26.3 Å². The number of amides is 1. The number of aliphatic hydroxyl groups is 1. The number of carbonyl (C=O) groups excluding carboxylic acids is 1. The van der Waals surface area contributed by atoms with Crippen molar-refractivity contribution in [3.8, 4) is 6.07 Å². The molecule has 0 saturated heterocycles. The first-order chi connectivity index (χ1) is 8.86. The van der Waals surface area contributed by atoms with Crippen LogP contribution in [0.2, 0.25) is 0 Å². The number of nitriles is 1. The van der Waals surface area contributed by atoms with Crippen molar-refractivity contribution >= 4 is 5.91 Å². The number of aromatic nitrogens is 2. The summed E-state index contributed by atoms with van der Waals surface area (Å²) >= 11 is 0. The molecule has 0 radical (unpaired) electrons. The zero-order valence-electron chi connectivity index (χ0n) is 11.1. The normalized spacial score (nSPS) is 20.0. The molecule has 1 atom stereocenters. The van der Waals surface area contributed by atoms with Crippen molar-refractivity contribution in [1.82, 2.24) is 15.1 Å². The summed E-state index contributed by atoms with van der Waals surface area (Å²) in [7, 11) is 0. The van der Waals surface area contributed by atoms with Crippen LogP contribution >= 0.6 is 0 Å². The molecule has 0 fully saturated rings. The number of aliphatic hydroxyl groups excluding tert-OH is 1. The van der Waals surface area contributed by atoms with E-state index in [9.17, 15) is 9.90 Å². The van der Waals surface area contributed by atoms with E-state index in [0.717, 1.165) is 5.56 Å². The Morgan fingerprint density at radius 2 is 2.26 bits per heavy atom. The molecule has 1 aliphatic rings. The Bertz CT molecular complexity index is 560. The van der Waals surface area contributed by atoms with Gasteiger partial charge >= 0.3 is 0 Å². The van der Waals surface area contributed by atoms with Crippen LogP contribution in [0, 0.1) is 16.7 Å². The number of carbonyl (C=O) groups is 1. The number of nitrogens with zero attached hydrogens (tertiary/aromatic N) is 3. The molecule has 2 N–H and O–H groups in total. The third kappa shape index (κ3) is 2.19. The highest BCUT2D eigenvalue weighted by Crippen LogP contribution is 2.36. The second kappa shape index (κ2) is 4.43. The van der Waals surface area contributed by atoms with Crippen molar-refractivity contribution in [2.24, 2.45) is 5.41 Å². The molecule has 1 aliphatic heterocycles. The molecule has 1 amide bonds. The predicted molar refractivity (Wildman–Crippen MR) is 67.6 cm³/mol. The molecule has 0 aromatic carbocycles. The van der Waals surface area contributed by atoms with Crippen LogP contribution in [0.5, 0.6) is 0 Å². The van der Waals surface area contributed by atoms with E-state index in [1.807, 2.05) is 20.8 Å². The Hall–Kier alpha value is -2.29. The molecule has 2 rings (SSSR count). The number of nitrogens with one attached hydrogen (secondary N) is 1. The van der Waals surface area contributed by atoms with E-state index < -0.39 is 11.9 Å². The first kappa shape index (κ1) is 13.1. The average Bonchev–Trinajstić information content (AvgIpc) is 2.87. The minimum atomic E-state index is -0.496. The van der Waals surface area contributed by atoms with Crippen LogP contribution < -0.4 is 0 Å².